The van der Waals surface area contributed by atoms with E-state index in [4.69, 9.17) is 9.73 Å². The topological polar surface area (TPSA) is 24.8 Å². The Bertz CT molecular complexity index is 619. The fourth-order valence-electron chi connectivity index (χ4n) is 3.24. The number of aliphatic imine (C=N–C) groups is 1. The fraction of sp³-hybridized carbons (Fsp3) is 0.667. The standard InChI is InChI=1S/C21H34N2OS/c1-14(2)12-23-19(17(5)24-21(6,7)8)13-25-20(23)22-18-10-9-15(3)11-16(18)4/h9-11,14,17,19H,12-13H2,1-8H3. The third-order valence-electron chi connectivity index (χ3n) is 4.24. The number of hydrogen-bond acceptors (Lipinski definition) is 3. The first-order valence-corrected chi connectivity index (χ1v) is 10.3. The van der Waals surface area contributed by atoms with Crippen LogP contribution in [0, 0.1) is 19.8 Å². The van der Waals surface area contributed by atoms with Crippen LogP contribution in [0.4, 0.5) is 5.69 Å². The molecule has 0 aromatic heterocycles. The molecule has 2 atom stereocenters. The highest BCUT2D eigenvalue weighted by molar-refractivity contribution is 8.14. The summed E-state index contributed by atoms with van der Waals surface area (Å²) in [6.07, 6.45) is 0.179. The minimum Gasteiger partial charge on any atom is -0.371 e. The molecule has 1 aromatic rings. The first-order valence-electron chi connectivity index (χ1n) is 9.30. The van der Waals surface area contributed by atoms with Gasteiger partial charge < -0.3 is 9.64 Å². The molecule has 1 saturated heterocycles. The lowest BCUT2D eigenvalue weighted by molar-refractivity contribution is -0.0737. The van der Waals surface area contributed by atoms with Gasteiger partial charge in [-0.05, 0) is 59.1 Å². The Kier molecular flexibility index (Phi) is 6.61. The van der Waals surface area contributed by atoms with Crippen LogP contribution in [-0.4, -0.2) is 40.1 Å². The smallest absolute Gasteiger partial charge is 0.164 e. The van der Waals surface area contributed by atoms with Gasteiger partial charge in [0.2, 0.25) is 0 Å². The summed E-state index contributed by atoms with van der Waals surface area (Å²) in [5, 5.41) is 1.13. The van der Waals surface area contributed by atoms with Gasteiger partial charge in [0.1, 0.15) is 0 Å². The van der Waals surface area contributed by atoms with Crippen molar-refractivity contribution in [3.63, 3.8) is 0 Å². The van der Waals surface area contributed by atoms with Crippen LogP contribution >= 0.6 is 11.8 Å². The molecule has 1 heterocycles. The van der Waals surface area contributed by atoms with Crippen LogP contribution in [-0.2, 0) is 4.74 Å². The van der Waals surface area contributed by atoms with E-state index in [0.717, 1.165) is 23.2 Å². The second kappa shape index (κ2) is 8.13. The number of aryl methyl sites for hydroxylation is 2. The van der Waals surface area contributed by atoms with Crippen LogP contribution in [0.2, 0.25) is 0 Å². The van der Waals surface area contributed by atoms with Gasteiger partial charge in [0, 0.05) is 12.3 Å². The van der Waals surface area contributed by atoms with E-state index in [0.29, 0.717) is 12.0 Å². The van der Waals surface area contributed by atoms with Gasteiger partial charge in [-0.1, -0.05) is 43.3 Å². The molecule has 0 radical (unpaired) electrons. The Morgan fingerprint density at radius 1 is 1.24 bits per heavy atom. The summed E-state index contributed by atoms with van der Waals surface area (Å²) in [7, 11) is 0. The molecule has 2 unspecified atom stereocenters. The van der Waals surface area contributed by atoms with Crippen molar-refractivity contribution in [3.05, 3.63) is 29.3 Å². The van der Waals surface area contributed by atoms with Gasteiger partial charge in [0.05, 0.1) is 23.4 Å². The van der Waals surface area contributed by atoms with Gasteiger partial charge in [-0.25, -0.2) is 4.99 Å². The van der Waals surface area contributed by atoms with Crippen LogP contribution in [0.1, 0.15) is 52.7 Å². The second-order valence-electron chi connectivity index (χ2n) is 8.54. The quantitative estimate of drug-likeness (QED) is 0.685. The molecule has 0 amide bonds. The Hall–Kier alpha value is -1.00. The van der Waals surface area contributed by atoms with E-state index in [9.17, 15) is 0 Å². The van der Waals surface area contributed by atoms with Crippen molar-refractivity contribution in [2.45, 2.75) is 73.1 Å². The Morgan fingerprint density at radius 2 is 1.92 bits per heavy atom. The maximum atomic E-state index is 6.26. The molecule has 1 aliphatic rings. The van der Waals surface area contributed by atoms with E-state index < -0.39 is 0 Å². The van der Waals surface area contributed by atoms with E-state index in [1.807, 2.05) is 11.8 Å². The van der Waals surface area contributed by atoms with E-state index >= 15 is 0 Å². The normalized spacial score (nSPS) is 21.4. The molecule has 25 heavy (non-hydrogen) atoms. The monoisotopic (exact) mass is 362 g/mol. The molecule has 4 heteroatoms. The third-order valence-corrected chi connectivity index (χ3v) is 5.33. The van der Waals surface area contributed by atoms with E-state index in [1.165, 1.54) is 11.1 Å². The second-order valence-corrected chi connectivity index (χ2v) is 9.53. The molecule has 1 fully saturated rings. The summed E-state index contributed by atoms with van der Waals surface area (Å²) in [5.41, 5.74) is 3.47. The predicted octanol–water partition coefficient (Wildman–Crippen LogP) is 5.57. The number of ether oxygens (including phenoxy) is 1. The largest absolute Gasteiger partial charge is 0.371 e. The highest BCUT2D eigenvalue weighted by Gasteiger charge is 2.36. The summed E-state index contributed by atoms with van der Waals surface area (Å²) in [5.74, 6) is 1.63. The number of amidine groups is 1. The van der Waals surface area contributed by atoms with Gasteiger partial charge in [-0.15, -0.1) is 0 Å². The number of benzene rings is 1. The van der Waals surface area contributed by atoms with Gasteiger partial charge in [0.25, 0.3) is 0 Å². The zero-order chi connectivity index (χ0) is 18.8. The van der Waals surface area contributed by atoms with Crippen molar-refractivity contribution in [1.82, 2.24) is 4.90 Å². The lowest BCUT2D eigenvalue weighted by Gasteiger charge is -2.35. The zero-order valence-electron chi connectivity index (χ0n) is 17.1. The predicted molar refractivity (Wildman–Crippen MR) is 111 cm³/mol. The molecular weight excluding hydrogens is 328 g/mol. The van der Waals surface area contributed by atoms with Crippen LogP contribution in [0.15, 0.2) is 23.2 Å². The molecular formula is C21H34N2OS. The number of hydrogen-bond donors (Lipinski definition) is 0. The minimum absolute atomic E-state index is 0.124. The first-order chi connectivity index (χ1) is 11.6. The minimum atomic E-state index is -0.124. The zero-order valence-corrected chi connectivity index (χ0v) is 17.9. The summed E-state index contributed by atoms with van der Waals surface area (Å²) in [6, 6.07) is 6.85. The summed E-state index contributed by atoms with van der Waals surface area (Å²) in [6.45, 7) is 18.4. The average Bonchev–Trinajstić information content (AvgIpc) is 2.82. The fourth-order valence-corrected chi connectivity index (χ4v) is 4.55. The van der Waals surface area contributed by atoms with Crippen molar-refractivity contribution in [1.29, 1.82) is 0 Å². The van der Waals surface area contributed by atoms with Gasteiger partial charge >= 0.3 is 0 Å². The number of rotatable bonds is 5. The highest BCUT2D eigenvalue weighted by atomic mass is 32.2. The molecule has 3 nitrogen and oxygen atoms in total. The van der Waals surface area contributed by atoms with Crippen LogP contribution in [0.5, 0.6) is 0 Å². The van der Waals surface area contributed by atoms with E-state index in [-0.39, 0.29) is 11.7 Å². The van der Waals surface area contributed by atoms with Gasteiger partial charge in [0.15, 0.2) is 5.17 Å². The molecule has 2 rings (SSSR count). The summed E-state index contributed by atoms with van der Waals surface area (Å²) < 4.78 is 6.26. The Morgan fingerprint density at radius 3 is 2.48 bits per heavy atom. The van der Waals surface area contributed by atoms with Gasteiger partial charge in [-0.3, -0.25) is 0 Å². The van der Waals surface area contributed by atoms with Crippen molar-refractivity contribution in [2.24, 2.45) is 10.9 Å². The highest BCUT2D eigenvalue weighted by Crippen LogP contribution is 2.32. The van der Waals surface area contributed by atoms with Crippen molar-refractivity contribution in [2.75, 3.05) is 12.3 Å². The molecule has 1 aliphatic heterocycles. The van der Waals surface area contributed by atoms with Gasteiger partial charge in [-0.2, -0.15) is 0 Å². The van der Waals surface area contributed by atoms with Crippen molar-refractivity contribution >= 4 is 22.6 Å². The van der Waals surface area contributed by atoms with Crippen LogP contribution in [0.25, 0.3) is 0 Å². The van der Waals surface area contributed by atoms with Crippen molar-refractivity contribution in [3.8, 4) is 0 Å². The van der Waals surface area contributed by atoms with E-state index in [2.05, 4.69) is 78.5 Å². The molecule has 0 bridgehead atoms. The van der Waals surface area contributed by atoms with Crippen LogP contribution in [0.3, 0.4) is 0 Å². The van der Waals surface area contributed by atoms with Crippen LogP contribution < -0.4 is 0 Å². The average molecular weight is 363 g/mol. The SMILES string of the molecule is Cc1ccc(N=C2SCC(C(C)OC(C)(C)C)N2CC(C)C)c(C)c1. The molecule has 0 saturated carbocycles. The molecule has 0 N–H and O–H groups in total. The summed E-state index contributed by atoms with van der Waals surface area (Å²) >= 11 is 1.86. The molecule has 0 spiro atoms. The molecule has 140 valence electrons. The first kappa shape index (κ1) is 20.3. The number of nitrogens with zero attached hydrogens (tertiary/aromatic N) is 2. The Balaban J connectivity index is 2.27. The Labute approximate surface area is 158 Å². The maximum absolute atomic E-state index is 6.26. The molecule has 1 aromatic carbocycles. The lowest BCUT2D eigenvalue weighted by Crippen LogP contribution is -2.46. The molecule has 0 aliphatic carbocycles. The number of thioether (sulfide) groups is 1. The van der Waals surface area contributed by atoms with Crippen molar-refractivity contribution < 1.29 is 4.74 Å². The third kappa shape index (κ3) is 5.75. The lowest BCUT2D eigenvalue weighted by atomic mass is 10.1. The maximum Gasteiger partial charge on any atom is 0.164 e. The summed E-state index contributed by atoms with van der Waals surface area (Å²) in [4.78, 5) is 7.48. The van der Waals surface area contributed by atoms with E-state index in [1.54, 1.807) is 0 Å².